The first-order valence-electron chi connectivity index (χ1n) is 7.21. The van der Waals surface area contributed by atoms with Crippen LogP contribution < -0.4 is 10.6 Å². The van der Waals surface area contributed by atoms with E-state index in [1.54, 1.807) is 4.90 Å². The van der Waals surface area contributed by atoms with Gasteiger partial charge in [-0.15, -0.1) is 0 Å². The summed E-state index contributed by atoms with van der Waals surface area (Å²) in [5.74, 6) is 0.162. The Bertz CT molecular complexity index is 411. The maximum atomic E-state index is 11.4. The van der Waals surface area contributed by atoms with Gasteiger partial charge in [0.15, 0.2) is 0 Å². The maximum absolute atomic E-state index is 11.4. The molecule has 3 N–H and O–H groups in total. The molecule has 1 fully saturated rings. The molecular weight excluding hydrogens is 254 g/mol. The van der Waals surface area contributed by atoms with Gasteiger partial charge < -0.3 is 20.6 Å². The van der Waals surface area contributed by atoms with Crippen molar-refractivity contribution in [3.63, 3.8) is 0 Å². The zero-order valence-corrected chi connectivity index (χ0v) is 11.7. The Balaban J connectivity index is 1.53. The van der Waals surface area contributed by atoms with Gasteiger partial charge in [-0.05, 0) is 18.6 Å². The van der Waals surface area contributed by atoms with Crippen LogP contribution in [0, 0.1) is 0 Å². The number of aliphatic hydroxyl groups is 1. The summed E-state index contributed by atoms with van der Waals surface area (Å²) in [7, 11) is 0. The molecule has 1 saturated heterocycles. The summed E-state index contributed by atoms with van der Waals surface area (Å²) in [6, 6.07) is 10.0. The molecule has 5 heteroatoms. The topological polar surface area (TPSA) is 64.6 Å². The number of likely N-dealkylation sites (tertiary alicyclic amines) is 1. The van der Waals surface area contributed by atoms with Crippen molar-refractivity contribution < 1.29 is 9.90 Å². The number of nitrogens with one attached hydrogen (secondary N) is 2. The van der Waals surface area contributed by atoms with Crippen LogP contribution in [0.5, 0.6) is 0 Å². The van der Waals surface area contributed by atoms with Crippen LogP contribution in [-0.4, -0.2) is 54.7 Å². The Morgan fingerprint density at radius 2 is 2.05 bits per heavy atom. The van der Waals surface area contributed by atoms with Crippen LogP contribution in [0.1, 0.15) is 12.8 Å². The number of carbonyl (C=O) groups is 1. The second-order valence-electron chi connectivity index (χ2n) is 5.09. The minimum absolute atomic E-state index is 0.162. The second-order valence-corrected chi connectivity index (χ2v) is 5.09. The van der Waals surface area contributed by atoms with Crippen LogP contribution in [0.3, 0.4) is 0 Å². The molecule has 2 rings (SSSR count). The van der Waals surface area contributed by atoms with E-state index in [1.165, 1.54) is 0 Å². The van der Waals surface area contributed by atoms with E-state index in [4.69, 9.17) is 0 Å². The lowest BCUT2D eigenvalue weighted by Gasteiger charge is -2.20. The average molecular weight is 277 g/mol. The van der Waals surface area contributed by atoms with Crippen molar-refractivity contribution >= 4 is 11.6 Å². The molecule has 0 bridgehead atoms. The van der Waals surface area contributed by atoms with Gasteiger partial charge in [-0.25, -0.2) is 0 Å². The molecule has 0 spiro atoms. The summed E-state index contributed by atoms with van der Waals surface area (Å²) >= 11 is 0. The van der Waals surface area contributed by atoms with E-state index < -0.39 is 6.10 Å². The van der Waals surface area contributed by atoms with Gasteiger partial charge in [0.2, 0.25) is 5.91 Å². The van der Waals surface area contributed by atoms with Gasteiger partial charge in [-0.2, -0.15) is 0 Å². The van der Waals surface area contributed by atoms with Crippen LogP contribution in [0.4, 0.5) is 5.69 Å². The highest BCUT2D eigenvalue weighted by Gasteiger charge is 2.22. The molecule has 5 nitrogen and oxygen atoms in total. The van der Waals surface area contributed by atoms with Crippen LogP contribution >= 0.6 is 0 Å². The van der Waals surface area contributed by atoms with Gasteiger partial charge in [0.1, 0.15) is 0 Å². The number of aliphatic hydroxyl groups excluding tert-OH is 1. The zero-order chi connectivity index (χ0) is 14.2. The molecule has 1 amide bonds. The third-order valence-electron chi connectivity index (χ3n) is 3.39. The highest BCUT2D eigenvalue weighted by atomic mass is 16.3. The molecule has 0 saturated carbocycles. The third-order valence-corrected chi connectivity index (χ3v) is 3.39. The highest BCUT2D eigenvalue weighted by molar-refractivity contribution is 5.78. The fraction of sp³-hybridized carbons (Fsp3) is 0.533. The smallest absolute Gasteiger partial charge is 0.222 e. The van der Waals surface area contributed by atoms with Gasteiger partial charge in [0, 0.05) is 44.8 Å². The molecule has 0 aromatic heterocycles. The van der Waals surface area contributed by atoms with E-state index in [0.29, 0.717) is 19.5 Å². The third kappa shape index (κ3) is 4.83. The summed E-state index contributed by atoms with van der Waals surface area (Å²) in [6.45, 7) is 3.32. The summed E-state index contributed by atoms with van der Waals surface area (Å²) in [6.07, 6.45) is 1.05. The van der Waals surface area contributed by atoms with E-state index in [0.717, 1.165) is 31.7 Å². The quantitative estimate of drug-likeness (QED) is 0.611. The fourth-order valence-corrected chi connectivity index (χ4v) is 2.34. The lowest BCUT2D eigenvalue weighted by atomic mass is 10.3. The van der Waals surface area contributed by atoms with Crippen molar-refractivity contribution in [1.82, 2.24) is 10.2 Å². The standard InChI is InChI=1S/C15H23N3O2/c19-14(12-18-10-4-7-15(18)20)11-16-8-9-17-13-5-2-1-3-6-13/h1-3,5-6,14,16-17,19H,4,7-12H2. The molecule has 1 aromatic rings. The molecule has 1 aliphatic heterocycles. The molecule has 1 aromatic carbocycles. The predicted octanol–water partition coefficient (Wildman–Crippen LogP) is 0.671. The molecule has 0 aliphatic carbocycles. The minimum atomic E-state index is -0.492. The average Bonchev–Trinajstić information content (AvgIpc) is 2.85. The normalized spacial score (nSPS) is 16.4. The Morgan fingerprint density at radius 1 is 1.25 bits per heavy atom. The zero-order valence-electron chi connectivity index (χ0n) is 11.7. The molecule has 1 atom stereocenters. The summed E-state index contributed by atoms with van der Waals surface area (Å²) in [4.78, 5) is 13.2. The van der Waals surface area contributed by atoms with Crippen molar-refractivity contribution in [2.24, 2.45) is 0 Å². The van der Waals surface area contributed by atoms with Crippen LogP contribution in [0.2, 0.25) is 0 Å². The van der Waals surface area contributed by atoms with Crippen molar-refractivity contribution in [2.45, 2.75) is 18.9 Å². The monoisotopic (exact) mass is 277 g/mol. The van der Waals surface area contributed by atoms with Gasteiger partial charge in [-0.3, -0.25) is 4.79 Å². The Hall–Kier alpha value is -1.59. The van der Waals surface area contributed by atoms with Crippen LogP contribution in [-0.2, 0) is 4.79 Å². The number of rotatable bonds is 8. The number of carbonyl (C=O) groups excluding carboxylic acids is 1. The maximum Gasteiger partial charge on any atom is 0.222 e. The van der Waals surface area contributed by atoms with E-state index in [9.17, 15) is 9.90 Å². The van der Waals surface area contributed by atoms with E-state index >= 15 is 0 Å². The van der Waals surface area contributed by atoms with Crippen molar-refractivity contribution in [3.05, 3.63) is 30.3 Å². The summed E-state index contributed by atoms with van der Waals surface area (Å²) in [5, 5.41) is 16.4. The Morgan fingerprint density at radius 3 is 2.75 bits per heavy atom. The van der Waals surface area contributed by atoms with Crippen LogP contribution in [0.15, 0.2) is 30.3 Å². The molecule has 1 aliphatic rings. The molecule has 0 radical (unpaired) electrons. The Kier molecular flexibility index (Phi) is 5.83. The summed E-state index contributed by atoms with van der Waals surface area (Å²) < 4.78 is 0. The van der Waals surface area contributed by atoms with Crippen molar-refractivity contribution in [2.75, 3.05) is 38.0 Å². The lowest BCUT2D eigenvalue weighted by Crippen LogP contribution is -2.39. The van der Waals surface area contributed by atoms with E-state index in [2.05, 4.69) is 10.6 Å². The second kappa shape index (κ2) is 7.87. The fourth-order valence-electron chi connectivity index (χ4n) is 2.34. The Labute approximate surface area is 120 Å². The first-order valence-corrected chi connectivity index (χ1v) is 7.21. The van der Waals surface area contributed by atoms with Gasteiger partial charge in [0.05, 0.1) is 6.10 Å². The number of amides is 1. The lowest BCUT2D eigenvalue weighted by molar-refractivity contribution is -0.128. The first-order chi connectivity index (χ1) is 9.75. The number of para-hydroxylation sites is 1. The molecular formula is C15H23N3O2. The number of anilines is 1. The first kappa shape index (κ1) is 14.8. The summed E-state index contributed by atoms with van der Waals surface area (Å²) in [5.41, 5.74) is 1.09. The molecule has 1 heterocycles. The van der Waals surface area contributed by atoms with Gasteiger partial charge >= 0.3 is 0 Å². The predicted molar refractivity (Wildman–Crippen MR) is 79.6 cm³/mol. The van der Waals surface area contributed by atoms with Gasteiger partial charge in [-0.1, -0.05) is 18.2 Å². The number of nitrogens with zero attached hydrogens (tertiary/aromatic N) is 1. The number of benzene rings is 1. The number of hydrogen-bond acceptors (Lipinski definition) is 4. The molecule has 1 unspecified atom stereocenters. The minimum Gasteiger partial charge on any atom is -0.390 e. The molecule has 110 valence electrons. The highest BCUT2D eigenvalue weighted by Crippen LogP contribution is 2.09. The molecule has 20 heavy (non-hydrogen) atoms. The number of hydrogen-bond donors (Lipinski definition) is 3. The van der Waals surface area contributed by atoms with Crippen LogP contribution in [0.25, 0.3) is 0 Å². The number of β-amino-alcohol motifs (C(OH)–C–C–N with tert-alkyl or cyclic N) is 1. The SMILES string of the molecule is O=C1CCCN1CC(O)CNCCNc1ccccc1. The van der Waals surface area contributed by atoms with Crippen molar-refractivity contribution in [3.8, 4) is 0 Å². The van der Waals surface area contributed by atoms with E-state index in [-0.39, 0.29) is 5.91 Å². The van der Waals surface area contributed by atoms with Gasteiger partial charge in [0.25, 0.3) is 0 Å². The van der Waals surface area contributed by atoms with Crippen molar-refractivity contribution in [1.29, 1.82) is 0 Å². The largest absolute Gasteiger partial charge is 0.390 e. The van der Waals surface area contributed by atoms with E-state index in [1.807, 2.05) is 30.3 Å².